The molecule has 5 heterocycles. The first-order valence-corrected chi connectivity index (χ1v) is 32.6. The number of anilines is 1. The maximum Gasteiger partial charge on any atom is 0.345 e. The molecule has 2 aliphatic rings. The van der Waals surface area contributed by atoms with Gasteiger partial charge in [-0.1, -0.05) is 86.1 Å². The number of piperazine rings is 1. The average Bonchev–Trinajstić information content (AvgIpc) is 1.58. The van der Waals surface area contributed by atoms with Crippen molar-refractivity contribution < 1.29 is 66.4 Å². The number of rotatable bonds is 30. The van der Waals surface area contributed by atoms with E-state index in [0.717, 1.165) is 53.2 Å². The lowest BCUT2D eigenvalue weighted by atomic mass is 9.96. The smallest absolute Gasteiger partial charge is 0.345 e. The fraction of sp³-hybridized carbons (Fsp3) is 0.324. The number of thiophene rings is 1. The van der Waals surface area contributed by atoms with Crippen LogP contribution in [0.25, 0.3) is 43.2 Å². The number of halogens is 2. The van der Waals surface area contributed by atoms with Crippen molar-refractivity contribution in [1.29, 1.82) is 0 Å². The zero-order chi connectivity index (χ0) is 68.0. The van der Waals surface area contributed by atoms with Crippen molar-refractivity contribution in [3.8, 4) is 56.1 Å². The van der Waals surface area contributed by atoms with Gasteiger partial charge in [-0.25, -0.2) is 29.1 Å². The first kappa shape index (κ1) is 69.1. The molecule has 22 nitrogen and oxygen atoms in total. The Balaban J connectivity index is 0.727. The molecule has 1 saturated heterocycles. The number of imide groups is 1. The highest BCUT2D eigenvalue weighted by atomic mass is 35.5. The van der Waals surface area contributed by atoms with Gasteiger partial charge in [-0.3, -0.25) is 33.8 Å². The Kier molecular flexibility index (Phi) is 22.8. The number of quaternary nitrogens is 1. The number of methoxy groups -OCH3 is 1. The third-order valence-corrected chi connectivity index (χ3v) is 18.4. The van der Waals surface area contributed by atoms with Gasteiger partial charge in [0, 0.05) is 72.5 Å². The largest absolute Gasteiger partial charge is 0.496 e. The van der Waals surface area contributed by atoms with Gasteiger partial charge in [-0.15, -0.1) is 11.3 Å². The minimum atomic E-state index is -1.43. The SMILES string of the molecule is COc1ccccc1-c1nccc(COc2ccccc2C[C@@H](Oc2ncnc3sc(-c4ccc(F)cc4)c(-c4ccc(OCCN5CC[N+](C)(Cc6ccc(NC(=O)[C@H](C)NC(=O)[C@@H](NC(=O)CCOCCN7C(=O)C=CC7=O)C(C)C)cc6)CC5)c(Cl)c4C)c23)C(=O)O)n1. The highest BCUT2D eigenvalue weighted by Gasteiger charge is 2.32. The second kappa shape index (κ2) is 31.7. The minimum absolute atomic E-state index is 0.0196. The van der Waals surface area contributed by atoms with Gasteiger partial charge < -0.3 is 49.2 Å². The second-order valence-corrected chi connectivity index (χ2v) is 25.4. The van der Waals surface area contributed by atoms with Gasteiger partial charge in [0.2, 0.25) is 29.7 Å². The Hall–Kier alpha value is -9.72. The maximum absolute atomic E-state index is 14.5. The van der Waals surface area contributed by atoms with Crippen molar-refractivity contribution in [3.05, 3.63) is 173 Å². The first-order valence-electron chi connectivity index (χ1n) is 31.4. The van der Waals surface area contributed by atoms with E-state index in [0.29, 0.717) is 95.5 Å². The van der Waals surface area contributed by atoms with E-state index in [1.54, 1.807) is 76.5 Å². The molecule has 0 bridgehead atoms. The number of hydrogen-bond acceptors (Lipinski definition) is 17. The van der Waals surface area contributed by atoms with Gasteiger partial charge in [-0.05, 0) is 96.6 Å². The van der Waals surface area contributed by atoms with Crippen molar-refractivity contribution in [2.24, 2.45) is 5.92 Å². The third kappa shape index (κ3) is 17.2. The van der Waals surface area contributed by atoms with Crippen LogP contribution in [0.1, 0.15) is 49.6 Å². The molecule has 0 saturated carbocycles. The maximum atomic E-state index is 14.5. The quantitative estimate of drug-likeness (QED) is 0.0185. The monoisotopic (exact) mass is 1350 g/mol. The zero-order valence-corrected chi connectivity index (χ0v) is 55.6. The van der Waals surface area contributed by atoms with Gasteiger partial charge >= 0.3 is 5.97 Å². The second-order valence-electron chi connectivity index (χ2n) is 24.0. The van der Waals surface area contributed by atoms with Crippen LogP contribution < -0.4 is 34.9 Å². The summed E-state index contributed by atoms with van der Waals surface area (Å²) in [6.07, 6.45) is 3.77. The number of likely N-dealkylation sites (N-methyl/N-ethyl adjacent to an activating group) is 1. The number of carbonyl (C=O) groups is 6. The number of amides is 5. The van der Waals surface area contributed by atoms with Crippen molar-refractivity contribution in [3.63, 3.8) is 0 Å². The molecule has 2 aliphatic heterocycles. The number of aliphatic carboxylic acids is 1. The van der Waals surface area contributed by atoms with E-state index in [2.05, 4.69) is 42.8 Å². The van der Waals surface area contributed by atoms with Gasteiger partial charge in [0.15, 0.2) is 5.82 Å². The summed E-state index contributed by atoms with van der Waals surface area (Å²) in [5.74, 6) is -2.07. The normalized spacial score (nSPS) is 14.7. The fourth-order valence-corrected chi connectivity index (χ4v) is 12.7. The Morgan fingerprint density at radius 2 is 1.50 bits per heavy atom. The minimum Gasteiger partial charge on any atom is -0.496 e. The molecule has 3 aromatic heterocycles. The molecule has 0 unspecified atom stereocenters. The van der Waals surface area contributed by atoms with Crippen LogP contribution in [-0.2, 0) is 53.1 Å². The lowest BCUT2D eigenvalue weighted by molar-refractivity contribution is -0.926. The van der Waals surface area contributed by atoms with E-state index in [-0.39, 0.29) is 51.0 Å². The van der Waals surface area contributed by atoms with Crippen molar-refractivity contribution >= 4 is 74.3 Å². The Morgan fingerprint density at radius 3 is 2.22 bits per heavy atom. The number of hydrogen-bond donors (Lipinski definition) is 4. The number of carboxylic acid groups (broad SMARTS) is 1. The molecule has 1 fully saturated rings. The van der Waals surface area contributed by atoms with E-state index in [4.69, 9.17) is 40.3 Å². The predicted molar refractivity (Wildman–Crippen MR) is 361 cm³/mol. The number of carboxylic acids is 1. The highest BCUT2D eigenvalue weighted by Crippen LogP contribution is 2.50. The van der Waals surface area contributed by atoms with Crippen LogP contribution in [0.2, 0.25) is 5.02 Å². The average molecular weight is 1350 g/mol. The molecular weight excluding hydrogens is 1270 g/mol. The molecule has 5 aromatic carbocycles. The summed E-state index contributed by atoms with van der Waals surface area (Å²) in [5.41, 5.74) is 6.24. The van der Waals surface area contributed by atoms with Gasteiger partial charge in [0.1, 0.15) is 66.1 Å². The molecule has 10 rings (SSSR count). The molecule has 25 heteroatoms. The Bertz CT molecular complexity index is 4150. The molecule has 5 amide bonds. The summed E-state index contributed by atoms with van der Waals surface area (Å²) in [5, 5.41) is 19.9. The lowest BCUT2D eigenvalue weighted by Crippen LogP contribution is -2.57. The highest BCUT2D eigenvalue weighted by molar-refractivity contribution is 7.22. The topological polar surface area (TPSA) is 263 Å². The number of para-hydroxylation sites is 2. The van der Waals surface area contributed by atoms with Gasteiger partial charge in [0.25, 0.3) is 11.8 Å². The van der Waals surface area contributed by atoms with Crippen LogP contribution in [-0.4, -0.2) is 166 Å². The molecule has 500 valence electrons. The van der Waals surface area contributed by atoms with Crippen LogP contribution in [0, 0.1) is 18.7 Å². The predicted octanol–water partition coefficient (Wildman–Crippen LogP) is 9.50. The molecule has 0 spiro atoms. The molecule has 96 heavy (non-hydrogen) atoms. The summed E-state index contributed by atoms with van der Waals surface area (Å²) < 4.78 is 45.4. The summed E-state index contributed by atoms with van der Waals surface area (Å²) in [6.45, 7) is 12.4. The van der Waals surface area contributed by atoms with Crippen molar-refractivity contribution in [2.45, 2.75) is 71.9 Å². The summed E-state index contributed by atoms with van der Waals surface area (Å²) in [7, 11) is 3.81. The fourth-order valence-electron chi connectivity index (χ4n) is 11.3. The van der Waals surface area contributed by atoms with Crippen LogP contribution in [0.5, 0.6) is 23.1 Å². The number of aromatic nitrogens is 4. The summed E-state index contributed by atoms with van der Waals surface area (Å²) in [6, 6.07) is 32.0. The van der Waals surface area contributed by atoms with Gasteiger partial charge in [0.05, 0.1) is 68.7 Å². The van der Waals surface area contributed by atoms with Crippen LogP contribution in [0.15, 0.2) is 140 Å². The van der Waals surface area contributed by atoms with E-state index in [1.165, 1.54) is 41.9 Å². The zero-order valence-electron chi connectivity index (χ0n) is 54.0. The number of fused-ring (bicyclic) bond motifs is 1. The number of ether oxygens (including phenoxy) is 5. The molecule has 4 N–H and O–H groups in total. The molecular formula is C71H75ClFN10O12S+. The number of carbonyl (C=O) groups excluding carboxylic acids is 5. The molecule has 3 atom stereocenters. The van der Waals surface area contributed by atoms with Crippen LogP contribution >= 0.6 is 22.9 Å². The lowest BCUT2D eigenvalue weighted by Gasteiger charge is -2.42. The number of nitrogens with one attached hydrogen (secondary N) is 3. The van der Waals surface area contributed by atoms with E-state index >= 15 is 0 Å². The number of benzene rings is 5. The van der Waals surface area contributed by atoms with Crippen LogP contribution in [0.3, 0.4) is 0 Å². The molecule has 0 radical (unpaired) electrons. The standard InChI is InChI=1S/C71H74ClFN10O12S/c1-43(2)64(80-58(84)28-36-92-37-33-82-59(85)25-26-60(82)86)68(88)77-45(4)67(87)79-50-21-15-46(16-22-50)40-83(5)34-30-81(31-35-83)32-38-93-56-24-23-52(44(3)63(56)72)61-62-69(75-42-76-70(62)96-65(61)47-17-19-49(73)20-18-47)95-57(71(89)90)39-48-11-7-9-13-54(48)94-41-51-27-29-74-66(78-51)53-12-8-10-14-55(53)91-6/h7-27,29,42-43,45,57,64H,28,30-41H2,1-6H3,(H3-,77,79,80,84,87,88,89,90)/p+1/t45-,57+,64-/m0/s1. The van der Waals surface area contributed by atoms with E-state index in [1.807, 2.05) is 67.6 Å². The molecule has 8 aromatic rings. The van der Waals surface area contributed by atoms with E-state index in [9.17, 15) is 38.3 Å². The summed E-state index contributed by atoms with van der Waals surface area (Å²) >= 11 is 8.56. The molecule has 0 aliphatic carbocycles. The Morgan fingerprint density at radius 1 is 0.781 bits per heavy atom. The van der Waals surface area contributed by atoms with Crippen molar-refractivity contribution in [1.82, 2.24) is 40.4 Å². The van der Waals surface area contributed by atoms with Crippen molar-refractivity contribution in [2.75, 3.05) is 78.6 Å². The summed E-state index contributed by atoms with van der Waals surface area (Å²) in [4.78, 5) is 98.9. The number of nitrogens with zero attached hydrogens (tertiary/aromatic N) is 7. The third-order valence-electron chi connectivity index (χ3n) is 16.7. The first-order chi connectivity index (χ1) is 46.2. The van der Waals surface area contributed by atoms with E-state index < -0.39 is 59.5 Å². The Labute approximate surface area is 564 Å². The van der Waals surface area contributed by atoms with Crippen LogP contribution in [0.4, 0.5) is 10.1 Å². The van der Waals surface area contributed by atoms with Gasteiger partial charge in [-0.2, -0.15) is 0 Å².